The number of nitrogens with one attached hydrogen (secondary N) is 4. The fourth-order valence-corrected chi connectivity index (χ4v) is 1.75. The van der Waals surface area contributed by atoms with Crippen LogP contribution in [0.15, 0.2) is 0 Å². The predicted molar refractivity (Wildman–Crippen MR) is 86.6 cm³/mol. The Labute approximate surface area is 143 Å². The lowest BCUT2D eigenvalue weighted by molar-refractivity contribution is -0.143. The molecule has 0 aromatic carbocycles. The standard InChI is InChI=1S/C13H24N6O6/c1-6(14)10(22)19-8(5-9(20)21)11(23)18-7(12(24)25)3-2-4-17-13(15)16/h6-8H,2-5,14H2,1H3,(H,18,23)(H,19,22)(H,20,21)(H,24,25)(H4,15,16,17)/t6-,7-,8-/m0/s1. The number of guanidine groups is 1. The average Bonchev–Trinajstić information content (AvgIpc) is 2.48. The fourth-order valence-electron chi connectivity index (χ4n) is 1.75. The molecule has 12 nitrogen and oxygen atoms in total. The number of aliphatic carboxylic acids is 2. The molecule has 142 valence electrons. The predicted octanol–water partition coefficient (Wildman–Crippen LogP) is -2.87. The molecule has 0 spiro atoms. The summed E-state index contributed by atoms with van der Waals surface area (Å²) in [6.45, 7) is 1.59. The van der Waals surface area contributed by atoms with Gasteiger partial charge in [0.15, 0.2) is 5.96 Å². The zero-order chi connectivity index (χ0) is 19.6. The fraction of sp³-hybridized carbons (Fsp3) is 0.615. The molecule has 0 unspecified atom stereocenters. The van der Waals surface area contributed by atoms with Crippen LogP contribution in [0.2, 0.25) is 0 Å². The average molecular weight is 360 g/mol. The zero-order valence-corrected chi connectivity index (χ0v) is 13.7. The molecule has 12 heteroatoms. The second-order valence-corrected chi connectivity index (χ2v) is 5.33. The van der Waals surface area contributed by atoms with Gasteiger partial charge in [0.1, 0.15) is 12.1 Å². The SMILES string of the molecule is C[C@H](N)C(=O)N[C@@H](CC(=O)O)C(=O)N[C@@H](CCCNC(=N)N)C(=O)O. The first-order valence-electron chi connectivity index (χ1n) is 7.43. The van der Waals surface area contributed by atoms with Gasteiger partial charge in [0.2, 0.25) is 11.8 Å². The topological polar surface area (TPSA) is 221 Å². The summed E-state index contributed by atoms with van der Waals surface area (Å²) in [6.07, 6.45) is -0.419. The van der Waals surface area contributed by atoms with Gasteiger partial charge in [-0.2, -0.15) is 0 Å². The number of nitrogens with two attached hydrogens (primary N) is 2. The van der Waals surface area contributed by atoms with Crippen LogP contribution in [0.1, 0.15) is 26.2 Å². The highest BCUT2D eigenvalue weighted by molar-refractivity contribution is 5.93. The number of amides is 2. The molecule has 0 rings (SSSR count). The second kappa shape index (κ2) is 10.8. The number of carbonyl (C=O) groups is 4. The van der Waals surface area contributed by atoms with Crippen LogP contribution in [0.5, 0.6) is 0 Å². The normalized spacial score (nSPS) is 13.8. The Morgan fingerprint density at radius 2 is 1.64 bits per heavy atom. The van der Waals surface area contributed by atoms with E-state index in [1.54, 1.807) is 0 Å². The van der Waals surface area contributed by atoms with Crippen LogP contribution in [-0.4, -0.2) is 64.6 Å². The molecule has 10 N–H and O–H groups in total. The maximum Gasteiger partial charge on any atom is 0.326 e. The molecule has 0 aliphatic carbocycles. The van der Waals surface area contributed by atoms with Crippen molar-refractivity contribution in [2.45, 2.75) is 44.3 Å². The van der Waals surface area contributed by atoms with Gasteiger partial charge in [-0.25, -0.2) is 4.79 Å². The highest BCUT2D eigenvalue weighted by atomic mass is 16.4. The number of hydrogen-bond donors (Lipinski definition) is 8. The van der Waals surface area contributed by atoms with E-state index in [4.69, 9.17) is 27.1 Å². The van der Waals surface area contributed by atoms with Gasteiger partial charge in [-0.1, -0.05) is 0 Å². The summed E-state index contributed by atoms with van der Waals surface area (Å²) >= 11 is 0. The van der Waals surface area contributed by atoms with Gasteiger partial charge in [-0.05, 0) is 19.8 Å². The van der Waals surface area contributed by atoms with Crippen molar-refractivity contribution >= 4 is 29.7 Å². The van der Waals surface area contributed by atoms with E-state index in [1.807, 2.05) is 0 Å². The summed E-state index contributed by atoms with van der Waals surface area (Å²) in [5.41, 5.74) is 10.4. The van der Waals surface area contributed by atoms with Gasteiger partial charge in [0.25, 0.3) is 0 Å². The Morgan fingerprint density at radius 1 is 1.08 bits per heavy atom. The van der Waals surface area contributed by atoms with Crippen molar-refractivity contribution in [3.63, 3.8) is 0 Å². The van der Waals surface area contributed by atoms with Crippen LogP contribution in [0, 0.1) is 5.41 Å². The van der Waals surface area contributed by atoms with Crippen molar-refractivity contribution in [3.8, 4) is 0 Å². The minimum Gasteiger partial charge on any atom is -0.481 e. The van der Waals surface area contributed by atoms with Gasteiger partial charge < -0.3 is 37.6 Å². The lowest BCUT2D eigenvalue weighted by Crippen LogP contribution is -2.54. The first-order chi connectivity index (χ1) is 11.5. The van der Waals surface area contributed by atoms with E-state index in [0.29, 0.717) is 0 Å². The minimum atomic E-state index is -1.45. The molecule has 0 aliphatic heterocycles. The van der Waals surface area contributed by atoms with Crippen LogP contribution in [0.4, 0.5) is 0 Å². The molecule has 0 saturated heterocycles. The summed E-state index contributed by atoms with van der Waals surface area (Å²) in [5, 5.41) is 31.8. The molecule has 0 aromatic heterocycles. The van der Waals surface area contributed by atoms with Crippen molar-refractivity contribution in [2.24, 2.45) is 11.5 Å². The summed E-state index contributed by atoms with van der Waals surface area (Å²) in [7, 11) is 0. The lowest BCUT2D eigenvalue weighted by Gasteiger charge is -2.21. The third-order valence-electron chi connectivity index (χ3n) is 3.02. The largest absolute Gasteiger partial charge is 0.481 e. The highest BCUT2D eigenvalue weighted by Gasteiger charge is 2.28. The van der Waals surface area contributed by atoms with Crippen LogP contribution < -0.4 is 27.4 Å². The number of rotatable bonds is 11. The molecule has 0 bridgehead atoms. The quantitative estimate of drug-likeness (QED) is 0.107. The van der Waals surface area contributed by atoms with Crippen molar-refractivity contribution < 1.29 is 29.4 Å². The molecule has 3 atom stereocenters. The van der Waals surface area contributed by atoms with E-state index >= 15 is 0 Å². The van der Waals surface area contributed by atoms with Gasteiger partial charge in [-0.3, -0.25) is 19.8 Å². The number of carbonyl (C=O) groups excluding carboxylic acids is 2. The number of carboxylic acid groups (broad SMARTS) is 2. The van der Waals surface area contributed by atoms with Crippen LogP contribution in [0.25, 0.3) is 0 Å². The van der Waals surface area contributed by atoms with Crippen molar-refractivity contribution in [1.82, 2.24) is 16.0 Å². The number of carboxylic acids is 2. The highest BCUT2D eigenvalue weighted by Crippen LogP contribution is 2.01. The van der Waals surface area contributed by atoms with Gasteiger partial charge in [0, 0.05) is 6.54 Å². The van der Waals surface area contributed by atoms with Crippen LogP contribution in [0.3, 0.4) is 0 Å². The molecular weight excluding hydrogens is 336 g/mol. The molecule has 0 heterocycles. The molecule has 0 aliphatic rings. The summed E-state index contributed by atoms with van der Waals surface area (Å²) in [6, 6.07) is -3.70. The molecule has 2 amide bonds. The molecule has 0 fully saturated rings. The van der Waals surface area contributed by atoms with Gasteiger partial charge in [0.05, 0.1) is 12.5 Å². The molecule has 25 heavy (non-hydrogen) atoms. The lowest BCUT2D eigenvalue weighted by atomic mass is 10.1. The van der Waals surface area contributed by atoms with Crippen LogP contribution >= 0.6 is 0 Å². The van der Waals surface area contributed by atoms with Gasteiger partial charge >= 0.3 is 11.9 Å². The van der Waals surface area contributed by atoms with E-state index in [0.717, 1.165) is 0 Å². The van der Waals surface area contributed by atoms with Crippen LogP contribution in [-0.2, 0) is 19.2 Å². The Morgan fingerprint density at radius 3 is 2.08 bits per heavy atom. The molecule has 0 saturated carbocycles. The number of hydrogen-bond acceptors (Lipinski definition) is 6. The summed E-state index contributed by atoms with van der Waals surface area (Å²) in [4.78, 5) is 45.8. The third kappa shape index (κ3) is 9.76. The Hall–Kier alpha value is -2.89. The van der Waals surface area contributed by atoms with E-state index in [-0.39, 0.29) is 25.3 Å². The van der Waals surface area contributed by atoms with Crippen molar-refractivity contribution in [1.29, 1.82) is 5.41 Å². The monoisotopic (exact) mass is 360 g/mol. The molecular formula is C13H24N6O6. The Bertz CT molecular complexity index is 523. The second-order valence-electron chi connectivity index (χ2n) is 5.33. The first kappa shape index (κ1) is 22.1. The van der Waals surface area contributed by atoms with E-state index in [9.17, 15) is 19.2 Å². The third-order valence-corrected chi connectivity index (χ3v) is 3.02. The molecule has 0 radical (unpaired) electrons. The van der Waals surface area contributed by atoms with Gasteiger partial charge in [-0.15, -0.1) is 0 Å². The zero-order valence-electron chi connectivity index (χ0n) is 13.7. The Balaban J connectivity index is 4.82. The maximum absolute atomic E-state index is 12.1. The van der Waals surface area contributed by atoms with Crippen molar-refractivity contribution in [3.05, 3.63) is 0 Å². The maximum atomic E-state index is 12.1. The van der Waals surface area contributed by atoms with E-state index in [2.05, 4.69) is 16.0 Å². The van der Waals surface area contributed by atoms with E-state index in [1.165, 1.54) is 6.92 Å². The minimum absolute atomic E-state index is 0.0163. The summed E-state index contributed by atoms with van der Waals surface area (Å²) < 4.78 is 0. The first-order valence-corrected chi connectivity index (χ1v) is 7.43. The summed E-state index contributed by atoms with van der Waals surface area (Å²) in [5.74, 6) is -4.61. The smallest absolute Gasteiger partial charge is 0.326 e. The van der Waals surface area contributed by atoms with Crippen molar-refractivity contribution in [2.75, 3.05) is 6.54 Å². The Kier molecular flexibility index (Phi) is 9.56. The van der Waals surface area contributed by atoms with E-state index < -0.39 is 48.3 Å². The molecule has 0 aromatic rings.